The second-order valence-electron chi connectivity index (χ2n) is 8.97. The number of likely N-dealkylation sites (N-methyl/N-ethyl adjacent to an activating group) is 1. The van der Waals surface area contributed by atoms with E-state index in [0.29, 0.717) is 58.1 Å². The van der Waals surface area contributed by atoms with Gasteiger partial charge >= 0.3 is 6.01 Å². The van der Waals surface area contributed by atoms with Gasteiger partial charge in [0.2, 0.25) is 5.91 Å². The largest absolute Gasteiger partial charge is 0.421 e. The lowest BCUT2D eigenvalue weighted by Crippen LogP contribution is -2.49. The highest BCUT2D eigenvalue weighted by Gasteiger charge is 2.71. The monoisotopic (exact) mass is 477 g/mol. The highest BCUT2D eigenvalue weighted by atomic mass is 19.1. The predicted molar refractivity (Wildman–Crippen MR) is 128 cm³/mol. The summed E-state index contributed by atoms with van der Waals surface area (Å²) < 4.78 is 20.4. The minimum atomic E-state index is -0.702. The van der Waals surface area contributed by atoms with E-state index in [4.69, 9.17) is 15.5 Å². The Balaban J connectivity index is 1.48. The number of carbonyl (C=O) groups excluding carboxylic acids is 1. The van der Waals surface area contributed by atoms with Crippen LogP contribution in [0.15, 0.2) is 24.5 Å². The summed E-state index contributed by atoms with van der Waals surface area (Å²) in [5, 5.41) is 7.48. The van der Waals surface area contributed by atoms with Crippen molar-refractivity contribution in [3.63, 3.8) is 0 Å². The summed E-state index contributed by atoms with van der Waals surface area (Å²) in [4.78, 5) is 35.1. The molecule has 35 heavy (non-hydrogen) atoms. The van der Waals surface area contributed by atoms with Crippen LogP contribution in [-0.4, -0.2) is 63.6 Å². The SMILES string of the molecule is CNc1cc(F)cc2c1[nH]c1nc(Oc3cnc(C)nc3)nc(N3C[C@@H]4[C@H](C3)C4(NC)C(N)=O)c12. The molecule has 1 saturated heterocycles. The molecule has 1 unspecified atom stereocenters. The average Bonchev–Trinajstić information content (AvgIpc) is 3.11. The van der Waals surface area contributed by atoms with Gasteiger partial charge in [-0.05, 0) is 26.1 Å². The van der Waals surface area contributed by atoms with Gasteiger partial charge in [0.15, 0.2) is 5.75 Å². The number of nitrogens with one attached hydrogen (secondary N) is 3. The van der Waals surface area contributed by atoms with Gasteiger partial charge in [0.05, 0.1) is 29.0 Å². The number of primary amides is 1. The van der Waals surface area contributed by atoms with Crippen LogP contribution in [0.1, 0.15) is 5.82 Å². The number of carbonyl (C=O) groups is 1. The van der Waals surface area contributed by atoms with Crippen LogP contribution in [-0.2, 0) is 4.79 Å². The fourth-order valence-corrected chi connectivity index (χ4v) is 5.50. The first-order valence-electron chi connectivity index (χ1n) is 11.3. The number of nitrogens with two attached hydrogens (primary N) is 1. The van der Waals surface area contributed by atoms with Gasteiger partial charge in [-0.15, -0.1) is 0 Å². The normalized spacial score (nSPS) is 23.0. The topological polar surface area (TPSA) is 147 Å². The maximum atomic E-state index is 14.5. The first-order chi connectivity index (χ1) is 16.8. The van der Waals surface area contributed by atoms with E-state index >= 15 is 0 Å². The maximum absolute atomic E-state index is 14.5. The number of halogens is 1. The molecule has 1 amide bonds. The van der Waals surface area contributed by atoms with Gasteiger partial charge in [0.1, 0.15) is 28.6 Å². The standard InChI is InChI=1S/C23H24FN9O2/c1-10-28-6-12(7-29-10)35-22-31-19-17(13-4-11(24)5-16(26-2)18(13)30-19)20(32-22)33-8-14-15(9-33)23(14,27-3)21(25)34/h4-7,14-15,26-27H,8-9H2,1-3H3,(H2,25,34)(H,30,31,32)/t14-,15+,23?. The van der Waals surface area contributed by atoms with Crippen molar-refractivity contribution in [1.29, 1.82) is 0 Å². The number of ether oxygens (including phenoxy) is 1. The van der Waals surface area contributed by atoms with Gasteiger partial charge in [-0.2, -0.15) is 9.97 Å². The zero-order valence-electron chi connectivity index (χ0n) is 19.4. The van der Waals surface area contributed by atoms with E-state index < -0.39 is 5.54 Å². The third-order valence-electron chi connectivity index (χ3n) is 7.22. The lowest BCUT2D eigenvalue weighted by atomic mass is 10.1. The second-order valence-corrected chi connectivity index (χ2v) is 8.97. The Bertz CT molecular complexity index is 1470. The first kappa shape index (κ1) is 21.5. The van der Waals surface area contributed by atoms with Crippen LogP contribution >= 0.6 is 0 Å². The number of nitrogens with zero attached hydrogens (tertiary/aromatic N) is 5. The summed E-state index contributed by atoms with van der Waals surface area (Å²) >= 11 is 0. The van der Waals surface area contributed by atoms with Gasteiger partial charge < -0.3 is 31.0 Å². The molecule has 6 rings (SSSR count). The Morgan fingerprint density at radius 2 is 1.94 bits per heavy atom. The Hall–Kier alpha value is -4.06. The summed E-state index contributed by atoms with van der Waals surface area (Å²) in [6.07, 6.45) is 3.10. The molecule has 5 N–H and O–H groups in total. The molecule has 4 heterocycles. The number of amides is 1. The Morgan fingerprint density at radius 1 is 1.23 bits per heavy atom. The van der Waals surface area contributed by atoms with Crippen LogP contribution in [0.2, 0.25) is 0 Å². The number of benzene rings is 1. The minimum absolute atomic E-state index is 0.0553. The highest BCUT2D eigenvalue weighted by molar-refractivity contribution is 6.14. The molecule has 2 fully saturated rings. The van der Waals surface area contributed by atoms with Crippen molar-refractivity contribution >= 4 is 39.3 Å². The van der Waals surface area contributed by atoms with Gasteiger partial charge in [0, 0.05) is 37.4 Å². The fourth-order valence-electron chi connectivity index (χ4n) is 5.50. The number of piperidine rings is 1. The molecule has 12 heteroatoms. The maximum Gasteiger partial charge on any atom is 0.326 e. The van der Waals surface area contributed by atoms with Crippen molar-refractivity contribution in [2.75, 3.05) is 37.4 Å². The second kappa shape index (κ2) is 7.47. The number of fused-ring (bicyclic) bond motifs is 4. The van der Waals surface area contributed by atoms with E-state index in [-0.39, 0.29) is 29.6 Å². The van der Waals surface area contributed by atoms with Crippen LogP contribution in [0.25, 0.3) is 21.9 Å². The fraction of sp³-hybridized carbons (Fsp3) is 0.348. The van der Waals surface area contributed by atoms with Crippen molar-refractivity contribution in [2.45, 2.75) is 12.5 Å². The molecule has 1 aliphatic carbocycles. The number of aromatic nitrogens is 5. The Kier molecular flexibility index (Phi) is 4.58. The van der Waals surface area contributed by atoms with E-state index in [1.165, 1.54) is 12.1 Å². The summed E-state index contributed by atoms with van der Waals surface area (Å²) in [5.74, 6) is 0.992. The van der Waals surface area contributed by atoms with Gasteiger partial charge in [0.25, 0.3) is 0 Å². The summed E-state index contributed by atoms with van der Waals surface area (Å²) in [6.45, 7) is 2.91. The van der Waals surface area contributed by atoms with Crippen LogP contribution in [0.5, 0.6) is 11.8 Å². The van der Waals surface area contributed by atoms with Crippen molar-refractivity contribution in [3.8, 4) is 11.8 Å². The van der Waals surface area contributed by atoms with Gasteiger partial charge in [-0.1, -0.05) is 0 Å². The number of aryl methyl sites for hydroxylation is 1. The smallest absolute Gasteiger partial charge is 0.326 e. The molecule has 0 radical (unpaired) electrons. The lowest BCUT2D eigenvalue weighted by molar-refractivity contribution is -0.121. The quantitative estimate of drug-likeness (QED) is 0.326. The summed E-state index contributed by atoms with van der Waals surface area (Å²) in [5.41, 5.74) is 6.82. The number of rotatable bonds is 6. The number of aromatic amines is 1. The molecule has 180 valence electrons. The zero-order chi connectivity index (χ0) is 24.5. The molecule has 3 atom stereocenters. The van der Waals surface area contributed by atoms with Crippen molar-refractivity contribution in [3.05, 3.63) is 36.2 Å². The van der Waals surface area contributed by atoms with Crippen molar-refractivity contribution < 1.29 is 13.9 Å². The van der Waals surface area contributed by atoms with Crippen molar-refractivity contribution in [2.24, 2.45) is 17.6 Å². The third kappa shape index (κ3) is 3.09. The third-order valence-corrected chi connectivity index (χ3v) is 7.22. The molecule has 0 bridgehead atoms. The number of hydrogen-bond donors (Lipinski definition) is 4. The number of H-pyrrole nitrogens is 1. The molecular formula is C23H24FN9O2. The molecule has 3 aromatic heterocycles. The molecule has 11 nitrogen and oxygen atoms in total. The molecule has 1 saturated carbocycles. The molecule has 0 spiro atoms. The molecule has 1 aliphatic heterocycles. The summed E-state index contributed by atoms with van der Waals surface area (Å²) in [6, 6.07) is 2.99. The van der Waals surface area contributed by atoms with E-state index in [2.05, 4.69) is 35.5 Å². The molecular weight excluding hydrogens is 453 g/mol. The Morgan fingerprint density at radius 3 is 2.57 bits per heavy atom. The molecule has 2 aliphatic rings. The number of anilines is 2. The van der Waals surface area contributed by atoms with Crippen LogP contribution in [0, 0.1) is 24.6 Å². The molecule has 1 aromatic carbocycles. The zero-order valence-corrected chi connectivity index (χ0v) is 19.4. The van der Waals surface area contributed by atoms with Gasteiger partial charge in [-0.3, -0.25) is 4.79 Å². The van der Waals surface area contributed by atoms with E-state index in [1.54, 1.807) is 33.4 Å². The van der Waals surface area contributed by atoms with E-state index in [1.807, 2.05) is 0 Å². The predicted octanol–water partition coefficient (Wildman–Crippen LogP) is 1.69. The van der Waals surface area contributed by atoms with Gasteiger partial charge in [-0.25, -0.2) is 14.4 Å². The Labute approximate surface area is 199 Å². The van der Waals surface area contributed by atoms with Crippen molar-refractivity contribution in [1.82, 2.24) is 30.2 Å². The first-order valence-corrected chi connectivity index (χ1v) is 11.3. The summed E-state index contributed by atoms with van der Waals surface area (Å²) in [7, 11) is 3.49. The van der Waals surface area contributed by atoms with E-state index in [9.17, 15) is 9.18 Å². The minimum Gasteiger partial charge on any atom is -0.421 e. The van der Waals surface area contributed by atoms with Crippen LogP contribution in [0.3, 0.4) is 0 Å². The lowest BCUT2D eigenvalue weighted by Gasteiger charge is -2.26. The average molecular weight is 478 g/mol. The van der Waals surface area contributed by atoms with E-state index in [0.717, 1.165) is 0 Å². The van der Waals surface area contributed by atoms with Crippen LogP contribution < -0.4 is 26.0 Å². The highest BCUT2D eigenvalue weighted by Crippen LogP contribution is 2.56. The van der Waals surface area contributed by atoms with Crippen LogP contribution in [0.4, 0.5) is 15.9 Å². The molecule has 4 aromatic rings. The number of hydrogen-bond acceptors (Lipinski definition) is 9.